The second-order valence-electron chi connectivity index (χ2n) is 7.19. The number of aryl methyl sites for hydroxylation is 2. The van der Waals surface area contributed by atoms with Gasteiger partial charge in [-0.15, -0.1) is 0 Å². The summed E-state index contributed by atoms with van der Waals surface area (Å²) in [7, 11) is 0. The molecule has 0 bridgehead atoms. The molecule has 4 rings (SSSR count). The predicted molar refractivity (Wildman–Crippen MR) is 99.6 cm³/mol. The maximum Gasteiger partial charge on any atom is 0.250 e. The Labute approximate surface area is 149 Å². The first-order chi connectivity index (χ1) is 12.2. The molecule has 2 aliphatic heterocycles. The van der Waals surface area contributed by atoms with Gasteiger partial charge in [0.25, 0.3) is 0 Å². The summed E-state index contributed by atoms with van der Waals surface area (Å²) in [5.74, 6) is 0.247. The number of carbonyl (C=O) groups is 1. The van der Waals surface area contributed by atoms with Crippen molar-refractivity contribution in [2.75, 3.05) is 6.54 Å². The molecule has 0 N–H and O–H groups in total. The largest absolute Gasteiger partial charge is 0.336 e. The quantitative estimate of drug-likeness (QED) is 0.798. The number of hydrogen-bond acceptors (Lipinski definition) is 2. The van der Waals surface area contributed by atoms with Gasteiger partial charge in [-0.1, -0.05) is 13.0 Å². The Morgan fingerprint density at radius 1 is 1.32 bits per heavy atom. The normalized spacial score (nSPS) is 21.8. The molecule has 2 saturated heterocycles. The highest BCUT2D eigenvalue weighted by atomic mass is 16.2. The fourth-order valence-corrected chi connectivity index (χ4v) is 4.11. The van der Waals surface area contributed by atoms with Crippen molar-refractivity contribution < 1.29 is 4.79 Å². The van der Waals surface area contributed by atoms with Gasteiger partial charge < -0.3 is 9.47 Å². The molecule has 0 radical (unpaired) electrons. The van der Waals surface area contributed by atoms with Crippen molar-refractivity contribution in [1.29, 1.82) is 0 Å². The number of hydrogen-bond donors (Lipinski definition) is 0. The number of benzene rings is 1. The third-order valence-corrected chi connectivity index (χ3v) is 5.43. The van der Waals surface area contributed by atoms with Crippen molar-refractivity contribution in [1.82, 2.24) is 14.5 Å². The van der Waals surface area contributed by atoms with Crippen molar-refractivity contribution in [3.8, 4) is 5.69 Å². The first-order valence-electron chi connectivity index (χ1n) is 9.31. The van der Waals surface area contributed by atoms with Crippen LogP contribution in [0.2, 0.25) is 0 Å². The highest BCUT2D eigenvalue weighted by Crippen LogP contribution is 2.32. The van der Waals surface area contributed by atoms with Crippen LogP contribution in [0, 0.1) is 6.92 Å². The first-order valence-corrected chi connectivity index (χ1v) is 9.31. The number of imidazole rings is 1. The summed E-state index contributed by atoms with van der Waals surface area (Å²) >= 11 is 0. The average molecular weight is 335 g/mol. The Morgan fingerprint density at radius 2 is 2.20 bits per heavy atom. The van der Waals surface area contributed by atoms with E-state index in [1.165, 1.54) is 17.7 Å². The second kappa shape index (κ2) is 6.51. The van der Waals surface area contributed by atoms with Gasteiger partial charge in [0, 0.05) is 30.0 Å². The van der Waals surface area contributed by atoms with Crippen LogP contribution >= 0.6 is 0 Å². The summed E-state index contributed by atoms with van der Waals surface area (Å²) in [5.41, 5.74) is 5.55. The third kappa shape index (κ3) is 3.01. The van der Waals surface area contributed by atoms with Crippen molar-refractivity contribution in [2.45, 2.75) is 52.0 Å². The molecule has 3 heterocycles. The highest BCUT2D eigenvalue weighted by Gasteiger charge is 2.36. The van der Waals surface area contributed by atoms with Gasteiger partial charge in [-0.2, -0.15) is 0 Å². The topological polar surface area (TPSA) is 38.1 Å². The van der Waals surface area contributed by atoms with E-state index in [-0.39, 0.29) is 5.91 Å². The van der Waals surface area contributed by atoms with E-state index in [1.54, 1.807) is 0 Å². The molecule has 0 unspecified atom stereocenters. The van der Waals surface area contributed by atoms with E-state index in [0.29, 0.717) is 6.04 Å². The average Bonchev–Trinajstić information content (AvgIpc) is 3.19. The van der Waals surface area contributed by atoms with Gasteiger partial charge >= 0.3 is 0 Å². The Hall–Kier alpha value is -2.36. The molecule has 0 spiro atoms. The zero-order valence-electron chi connectivity index (χ0n) is 15.0. The SMILES string of the molecule is CCc1cc(/C=C2\C[C@@H]3CCCCN3C2=O)ccc1-n1cnc(C)c1. The molecule has 2 fully saturated rings. The standard InChI is InChI=1S/C21H25N3O/c1-3-17-10-16(7-8-20(17)23-13-15(2)22-14-23)11-18-12-19-6-4-5-9-24(19)21(18)25/h7-8,10-11,13-14,19H,3-6,9,12H2,1-2H3/b18-11+/t19-/m0/s1. The number of aromatic nitrogens is 2. The lowest BCUT2D eigenvalue weighted by molar-refractivity contribution is -0.127. The van der Waals surface area contributed by atoms with Gasteiger partial charge in [0.1, 0.15) is 0 Å². The second-order valence-corrected chi connectivity index (χ2v) is 7.19. The third-order valence-electron chi connectivity index (χ3n) is 5.43. The minimum Gasteiger partial charge on any atom is -0.336 e. The molecule has 130 valence electrons. The summed E-state index contributed by atoms with van der Waals surface area (Å²) < 4.78 is 2.08. The molecule has 4 heteroatoms. The van der Waals surface area contributed by atoms with Crippen LogP contribution in [0.25, 0.3) is 11.8 Å². The fraction of sp³-hybridized carbons (Fsp3) is 0.429. The van der Waals surface area contributed by atoms with Gasteiger partial charge in [0.2, 0.25) is 5.91 Å². The minimum atomic E-state index is 0.247. The molecule has 0 saturated carbocycles. The summed E-state index contributed by atoms with van der Waals surface area (Å²) in [6.07, 6.45) is 11.4. The molecule has 1 aromatic carbocycles. The van der Waals surface area contributed by atoms with E-state index in [1.807, 2.05) is 19.4 Å². The number of amides is 1. The van der Waals surface area contributed by atoms with Gasteiger partial charge in [-0.25, -0.2) is 4.98 Å². The summed E-state index contributed by atoms with van der Waals surface area (Å²) in [6.45, 7) is 5.10. The van der Waals surface area contributed by atoms with E-state index in [4.69, 9.17) is 0 Å². The zero-order valence-corrected chi connectivity index (χ0v) is 15.0. The summed E-state index contributed by atoms with van der Waals surface area (Å²) in [4.78, 5) is 19.0. The van der Waals surface area contributed by atoms with E-state index in [9.17, 15) is 4.79 Å². The lowest BCUT2D eigenvalue weighted by Crippen LogP contribution is -2.37. The van der Waals surface area contributed by atoms with Gasteiger partial charge in [0.05, 0.1) is 12.0 Å². The van der Waals surface area contributed by atoms with Crippen LogP contribution < -0.4 is 0 Å². The molecule has 1 aromatic heterocycles. The molecule has 25 heavy (non-hydrogen) atoms. The Morgan fingerprint density at radius 3 is 2.92 bits per heavy atom. The first kappa shape index (κ1) is 16.1. The number of carbonyl (C=O) groups excluding carboxylic acids is 1. The van der Waals surface area contributed by atoms with E-state index in [2.05, 4.69) is 45.6 Å². The number of nitrogens with zero attached hydrogens (tertiary/aromatic N) is 3. The van der Waals surface area contributed by atoms with Gasteiger partial charge in [-0.3, -0.25) is 4.79 Å². The van der Waals surface area contributed by atoms with Crippen LogP contribution in [0.4, 0.5) is 0 Å². The lowest BCUT2D eigenvalue weighted by Gasteiger charge is -2.28. The van der Waals surface area contributed by atoms with Crippen LogP contribution in [-0.4, -0.2) is 32.9 Å². The zero-order chi connectivity index (χ0) is 17.4. The van der Waals surface area contributed by atoms with Gasteiger partial charge in [-0.05, 0) is 68.4 Å². The molecule has 1 amide bonds. The monoisotopic (exact) mass is 335 g/mol. The summed E-state index contributed by atoms with van der Waals surface area (Å²) in [6, 6.07) is 6.90. The smallest absolute Gasteiger partial charge is 0.250 e. The summed E-state index contributed by atoms with van der Waals surface area (Å²) in [5, 5.41) is 0. The number of rotatable bonds is 3. The van der Waals surface area contributed by atoms with E-state index >= 15 is 0 Å². The van der Waals surface area contributed by atoms with Crippen LogP contribution in [0.1, 0.15) is 49.4 Å². The fourth-order valence-electron chi connectivity index (χ4n) is 4.11. The van der Waals surface area contributed by atoms with Crippen LogP contribution in [0.5, 0.6) is 0 Å². The molecule has 2 aliphatic rings. The number of piperidine rings is 1. The highest BCUT2D eigenvalue weighted by molar-refractivity contribution is 6.00. The van der Waals surface area contributed by atoms with E-state index in [0.717, 1.165) is 49.1 Å². The molecular formula is C21H25N3O. The molecule has 0 aliphatic carbocycles. The lowest BCUT2D eigenvalue weighted by atomic mass is 10.00. The maximum atomic E-state index is 12.6. The predicted octanol–water partition coefficient (Wildman–Crippen LogP) is 3.91. The van der Waals surface area contributed by atoms with Gasteiger partial charge in [0.15, 0.2) is 0 Å². The maximum absolute atomic E-state index is 12.6. The van der Waals surface area contributed by atoms with Crippen LogP contribution in [-0.2, 0) is 11.2 Å². The Bertz CT molecular complexity index is 833. The van der Waals surface area contributed by atoms with Crippen molar-refractivity contribution in [3.63, 3.8) is 0 Å². The molecule has 2 aromatic rings. The Kier molecular flexibility index (Phi) is 4.20. The molecular weight excluding hydrogens is 310 g/mol. The van der Waals surface area contributed by atoms with Crippen LogP contribution in [0.15, 0.2) is 36.3 Å². The minimum absolute atomic E-state index is 0.247. The molecule has 1 atom stereocenters. The van der Waals surface area contributed by atoms with E-state index < -0.39 is 0 Å². The number of fused-ring (bicyclic) bond motifs is 1. The van der Waals surface area contributed by atoms with Crippen molar-refractivity contribution >= 4 is 12.0 Å². The Balaban J connectivity index is 1.64. The van der Waals surface area contributed by atoms with Crippen molar-refractivity contribution in [2.24, 2.45) is 0 Å². The van der Waals surface area contributed by atoms with Crippen molar-refractivity contribution in [3.05, 3.63) is 53.1 Å². The van der Waals surface area contributed by atoms with Crippen LogP contribution in [0.3, 0.4) is 0 Å². The molecule has 4 nitrogen and oxygen atoms in total.